The number of hydrogen-bond acceptors (Lipinski definition) is 3. The highest BCUT2D eigenvalue weighted by atomic mass is 79.9. The fourth-order valence-corrected chi connectivity index (χ4v) is 1.13. The van der Waals surface area contributed by atoms with Crippen molar-refractivity contribution in [3.63, 3.8) is 0 Å². The lowest BCUT2D eigenvalue weighted by atomic mass is 10.2. The van der Waals surface area contributed by atoms with E-state index in [0.717, 1.165) is 6.42 Å². The number of pyridine rings is 1. The molecule has 1 heterocycles. The maximum Gasteiger partial charge on any atom is 0.240 e. The van der Waals surface area contributed by atoms with Crippen molar-refractivity contribution in [2.24, 2.45) is 0 Å². The number of hydrogen-bond donors (Lipinski definition) is 1. The SMILES string of the molecule is CCCOc1ccc(NC(=O)C(C)(C)Br)cn1. The van der Waals surface area contributed by atoms with E-state index in [1.54, 1.807) is 32.2 Å². The Hall–Kier alpha value is -1.10. The van der Waals surface area contributed by atoms with Crippen LogP contribution in [0.5, 0.6) is 5.88 Å². The zero-order valence-electron chi connectivity index (χ0n) is 10.3. The number of carbonyl (C=O) groups excluding carboxylic acids is 1. The van der Waals surface area contributed by atoms with Gasteiger partial charge in [0.2, 0.25) is 11.8 Å². The van der Waals surface area contributed by atoms with Gasteiger partial charge >= 0.3 is 0 Å². The van der Waals surface area contributed by atoms with Gasteiger partial charge in [-0.3, -0.25) is 4.79 Å². The molecule has 1 N–H and O–H groups in total. The second-order valence-electron chi connectivity index (χ2n) is 4.16. The molecule has 0 fully saturated rings. The number of nitrogens with zero attached hydrogens (tertiary/aromatic N) is 1. The smallest absolute Gasteiger partial charge is 0.240 e. The van der Waals surface area contributed by atoms with Crippen LogP contribution in [0.2, 0.25) is 0 Å². The fraction of sp³-hybridized carbons (Fsp3) is 0.500. The summed E-state index contributed by atoms with van der Waals surface area (Å²) < 4.78 is 4.76. The van der Waals surface area contributed by atoms with Crippen LogP contribution in [0.3, 0.4) is 0 Å². The molecule has 1 rings (SSSR count). The van der Waals surface area contributed by atoms with Crippen molar-refractivity contribution in [1.82, 2.24) is 4.98 Å². The van der Waals surface area contributed by atoms with Gasteiger partial charge in [-0.15, -0.1) is 0 Å². The van der Waals surface area contributed by atoms with Gasteiger partial charge in [0.1, 0.15) is 0 Å². The van der Waals surface area contributed by atoms with Crippen LogP contribution in [0.25, 0.3) is 0 Å². The average Bonchev–Trinajstić information content (AvgIpc) is 2.27. The van der Waals surface area contributed by atoms with E-state index in [-0.39, 0.29) is 5.91 Å². The third kappa shape index (κ3) is 4.73. The molecule has 17 heavy (non-hydrogen) atoms. The van der Waals surface area contributed by atoms with Crippen LogP contribution in [0, 0.1) is 0 Å². The Morgan fingerprint density at radius 1 is 1.53 bits per heavy atom. The van der Waals surface area contributed by atoms with Crippen LogP contribution in [-0.4, -0.2) is 21.8 Å². The van der Waals surface area contributed by atoms with Crippen LogP contribution in [0.4, 0.5) is 5.69 Å². The molecule has 1 amide bonds. The van der Waals surface area contributed by atoms with E-state index >= 15 is 0 Å². The van der Waals surface area contributed by atoms with E-state index in [0.29, 0.717) is 18.2 Å². The highest BCUT2D eigenvalue weighted by Crippen LogP contribution is 2.19. The number of halogens is 1. The Bertz CT molecular complexity index is 371. The second kappa shape index (κ2) is 6.00. The number of anilines is 1. The molecule has 0 bridgehead atoms. The monoisotopic (exact) mass is 300 g/mol. The molecule has 0 aliphatic heterocycles. The number of aromatic nitrogens is 1. The summed E-state index contributed by atoms with van der Waals surface area (Å²) in [6.07, 6.45) is 2.53. The molecule has 0 saturated heterocycles. The number of ether oxygens (including phenoxy) is 1. The minimum atomic E-state index is -0.593. The van der Waals surface area contributed by atoms with Gasteiger partial charge in [-0.2, -0.15) is 0 Å². The predicted octanol–water partition coefficient (Wildman–Crippen LogP) is 2.98. The van der Waals surface area contributed by atoms with E-state index in [9.17, 15) is 4.79 Å². The summed E-state index contributed by atoms with van der Waals surface area (Å²) in [5.41, 5.74) is 0.659. The number of carbonyl (C=O) groups is 1. The lowest BCUT2D eigenvalue weighted by molar-refractivity contribution is -0.117. The molecule has 0 aliphatic rings. The molecule has 0 atom stereocenters. The lowest BCUT2D eigenvalue weighted by Crippen LogP contribution is -2.30. The molecule has 0 aromatic carbocycles. The summed E-state index contributed by atoms with van der Waals surface area (Å²) in [5.74, 6) is 0.462. The summed E-state index contributed by atoms with van der Waals surface area (Å²) >= 11 is 3.29. The van der Waals surface area contributed by atoms with Gasteiger partial charge in [0, 0.05) is 6.07 Å². The first-order valence-electron chi connectivity index (χ1n) is 5.52. The third-order valence-corrected chi connectivity index (χ3v) is 2.35. The van der Waals surface area contributed by atoms with E-state index in [1.165, 1.54) is 0 Å². The van der Waals surface area contributed by atoms with Crippen molar-refractivity contribution in [2.75, 3.05) is 11.9 Å². The molecule has 1 aromatic heterocycles. The van der Waals surface area contributed by atoms with Crippen LogP contribution < -0.4 is 10.1 Å². The summed E-state index contributed by atoms with van der Waals surface area (Å²) in [5, 5.41) is 2.76. The normalized spacial score (nSPS) is 11.1. The van der Waals surface area contributed by atoms with Gasteiger partial charge in [0.25, 0.3) is 0 Å². The summed E-state index contributed by atoms with van der Waals surface area (Å²) in [6.45, 7) is 6.25. The van der Waals surface area contributed by atoms with Gasteiger partial charge in [-0.05, 0) is 26.3 Å². The van der Waals surface area contributed by atoms with Gasteiger partial charge < -0.3 is 10.1 Å². The second-order valence-corrected chi connectivity index (χ2v) is 6.14. The average molecular weight is 301 g/mol. The molecular formula is C12H17BrN2O2. The Balaban J connectivity index is 2.59. The zero-order chi connectivity index (χ0) is 12.9. The van der Waals surface area contributed by atoms with Crippen molar-refractivity contribution < 1.29 is 9.53 Å². The Labute approximate surface area is 110 Å². The van der Waals surface area contributed by atoms with E-state index in [1.807, 2.05) is 6.92 Å². The first-order valence-corrected chi connectivity index (χ1v) is 6.32. The number of alkyl halides is 1. The van der Waals surface area contributed by atoms with Gasteiger partial charge in [0.05, 0.1) is 22.8 Å². The lowest BCUT2D eigenvalue weighted by Gasteiger charge is -2.15. The summed E-state index contributed by atoms with van der Waals surface area (Å²) in [7, 11) is 0. The zero-order valence-corrected chi connectivity index (χ0v) is 11.9. The summed E-state index contributed by atoms with van der Waals surface area (Å²) in [6, 6.07) is 3.52. The minimum Gasteiger partial charge on any atom is -0.478 e. The Kier molecular flexibility index (Phi) is 4.93. The standard InChI is InChI=1S/C12H17BrN2O2/c1-4-7-17-10-6-5-9(8-14-10)15-11(16)12(2,3)13/h5-6,8H,4,7H2,1-3H3,(H,15,16). The fourth-order valence-electron chi connectivity index (χ4n) is 1.03. The van der Waals surface area contributed by atoms with Crippen LogP contribution in [0.1, 0.15) is 27.2 Å². The van der Waals surface area contributed by atoms with Crippen LogP contribution >= 0.6 is 15.9 Å². The first-order chi connectivity index (χ1) is 7.93. The number of amides is 1. The quantitative estimate of drug-likeness (QED) is 0.851. The molecule has 4 nitrogen and oxygen atoms in total. The van der Waals surface area contributed by atoms with Crippen LogP contribution in [0.15, 0.2) is 18.3 Å². The molecule has 94 valence electrons. The van der Waals surface area contributed by atoms with Gasteiger partial charge in [0.15, 0.2) is 0 Å². The summed E-state index contributed by atoms with van der Waals surface area (Å²) in [4.78, 5) is 15.8. The molecule has 0 unspecified atom stereocenters. The van der Waals surface area contributed by atoms with E-state index in [4.69, 9.17) is 4.74 Å². The first kappa shape index (κ1) is 14.0. The third-order valence-electron chi connectivity index (χ3n) is 1.99. The predicted molar refractivity (Wildman–Crippen MR) is 71.7 cm³/mol. The molecule has 5 heteroatoms. The molecule has 0 radical (unpaired) electrons. The minimum absolute atomic E-state index is 0.110. The number of nitrogens with one attached hydrogen (secondary N) is 1. The largest absolute Gasteiger partial charge is 0.478 e. The van der Waals surface area contributed by atoms with E-state index in [2.05, 4.69) is 26.2 Å². The van der Waals surface area contributed by atoms with Crippen molar-refractivity contribution in [3.05, 3.63) is 18.3 Å². The van der Waals surface area contributed by atoms with Crippen molar-refractivity contribution in [3.8, 4) is 5.88 Å². The van der Waals surface area contributed by atoms with Crippen molar-refractivity contribution in [2.45, 2.75) is 31.5 Å². The molecule has 1 aromatic rings. The topological polar surface area (TPSA) is 51.2 Å². The van der Waals surface area contributed by atoms with Crippen molar-refractivity contribution >= 4 is 27.5 Å². The maximum absolute atomic E-state index is 11.7. The Morgan fingerprint density at radius 2 is 2.24 bits per heavy atom. The van der Waals surface area contributed by atoms with Crippen molar-refractivity contribution in [1.29, 1.82) is 0 Å². The molecule has 0 saturated carbocycles. The number of rotatable bonds is 5. The van der Waals surface area contributed by atoms with Gasteiger partial charge in [-0.1, -0.05) is 22.9 Å². The highest BCUT2D eigenvalue weighted by Gasteiger charge is 2.23. The maximum atomic E-state index is 11.7. The molecular weight excluding hydrogens is 284 g/mol. The van der Waals surface area contributed by atoms with E-state index < -0.39 is 4.32 Å². The Morgan fingerprint density at radius 3 is 2.71 bits per heavy atom. The van der Waals surface area contributed by atoms with Gasteiger partial charge in [-0.25, -0.2) is 4.98 Å². The van der Waals surface area contributed by atoms with Crippen LogP contribution in [-0.2, 0) is 4.79 Å². The highest BCUT2D eigenvalue weighted by molar-refractivity contribution is 9.10. The molecule has 0 aliphatic carbocycles. The molecule has 0 spiro atoms.